The fraction of sp³-hybridized carbons (Fsp3) is 0.304. The zero-order valence-corrected chi connectivity index (χ0v) is 19.2. The first kappa shape index (κ1) is 21.1. The fourth-order valence-electron chi connectivity index (χ4n) is 3.90. The molecule has 0 N–H and O–H groups in total. The Kier molecular flexibility index (Phi) is 5.67. The van der Waals surface area contributed by atoms with E-state index in [1.807, 2.05) is 12.1 Å². The molecular formula is C23H21ClN2O5S. The van der Waals surface area contributed by atoms with Crippen molar-refractivity contribution >= 4 is 55.2 Å². The van der Waals surface area contributed by atoms with E-state index in [0.717, 1.165) is 22.9 Å². The number of carbonyl (C=O) groups is 1. The first-order chi connectivity index (χ1) is 15.6. The maximum absolute atomic E-state index is 13.7. The number of nitrogens with zero attached hydrogens (tertiary/aromatic N) is 2. The summed E-state index contributed by atoms with van der Waals surface area (Å²) in [5.74, 6) is 1.08. The van der Waals surface area contributed by atoms with Crippen LogP contribution in [0.5, 0.6) is 11.5 Å². The SMILES string of the molecule is COc1ccc(Cl)c2sc(N(CC3CCCO3)C(=O)c3cc4cccc(OC)c4o3)nc12. The van der Waals surface area contributed by atoms with E-state index in [2.05, 4.69) is 0 Å². The lowest BCUT2D eigenvalue weighted by molar-refractivity contribution is 0.0896. The molecular weight excluding hydrogens is 452 g/mol. The second-order valence-corrected chi connectivity index (χ2v) is 8.85. The second kappa shape index (κ2) is 8.61. The van der Waals surface area contributed by atoms with Crippen molar-refractivity contribution in [1.82, 2.24) is 4.98 Å². The van der Waals surface area contributed by atoms with Crippen LogP contribution in [0.15, 0.2) is 40.8 Å². The quantitative estimate of drug-likeness (QED) is 0.367. The van der Waals surface area contributed by atoms with Crippen LogP contribution in [0.1, 0.15) is 23.4 Å². The van der Waals surface area contributed by atoms with Gasteiger partial charge in [-0.2, -0.15) is 0 Å². The highest BCUT2D eigenvalue weighted by molar-refractivity contribution is 7.23. The summed E-state index contributed by atoms with van der Waals surface area (Å²) < 4.78 is 23.3. The number of ether oxygens (including phenoxy) is 3. The number of amides is 1. The Morgan fingerprint density at radius 3 is 2.84 bits per heavy atom. The summed E-state index contributed by atoms with van der Waals surface area (Å²) >= 11 is 7.75. The fourth-order valence-corrected chi connectivity index (χ4v) is 5.16. The maximum Gasteiger partial charge on any atom is 0.295 e. The number of carbonyl (C=O) groups excluding carboxylic acids is 1. The van der Waals surface area contributed by atoms with Gasteiger partial charge in [0.05, 0.1) is 36.6 Å². The van der Waals surface area contributed by atoms with Crippen molar-refractivity contribution in [2.24, 2.45) is 0 Å². The van der Waals surface area contributed by atoms with Gasteiger partial charge in [-0.05, 0) is 37.1 Å². The number of para-hydroxylation sites is 1. The summed E-state index contributed by atoms with van der Waals surface area (Å²) in [4.78, 5) is 20.0. The summed E-state index contributed by atoms with van der Waals surface area (Å²) in [5, 5.41) is 1.86. The van der Waals surface area contributed by atoms with Crippen LogP contribution in [0.4, 0.5) is 5.13 Å². The molecule has 1 atom stereocenters. The zero-order valence-electron chi connectivity index (χ0n) is 17.6. The number of hydrogen-bond acceptors (Lipinski definition) is 7. The molecule has 0 radical (unpaired) electrons. The van der Waals surface area contributed by atoms with E-state index in [1.54, 1.807) is 43.4 Å². The van der Waals surface area contributed by atoms with Gasteiger partial charge in [0.1, 0.15) is 11.3 Å². The largest absolute Gasteiger partial charge is 0.494 e. The molecule has 5 rings (SSSR count). The average molecular weight is 473 g/mol. The van der Waals surface area contributed by atoms with Crippen molar-refractivity contribution in [3.63, 3.8) is 0 Å². The molecule has 0 saturated carbocycles. The molecule has 2 aromatic carbocycles. The first-order valence-electron chi connectivity index (χ1n) is 10.2. The number of furan rings is 1. The predicted octanol–water partition coefficient (Wildman–Crippen LogP) is 5.54. The molecule has 166 valence electrons. The van der Waals surface area contributed by atoms with Gasteiger partial charge in [0.15, 0.2) is 22.2 Å². The van der Waals surface area contributed by atoms with Crippen molar-refractivity contribution in [2.45, 2.75) is 18.9 Å². The molecule has 1 aliphatic rings. The minimum absolute atomic E-state index is 0.0674. The molecule has 1 saturated heterocycles. The Hall–Kier alpha value is -2.81. The third-order valence-electron chi connectivity index (χ3n) is 5.49. The number of thiazole rings is 1. The molecule has 1 amide bonds. The lowest BCUT2D eigenvalue weighted by atomic mass is 10.2. The predicted molar refractivity (Wildman–Crippen MR) is 125 cm³/mol. The van der Waals surface area contributed by atoms with Crippen LogP contribution in [0.3, 0.4) is 0 Å². The Labute approximate surface area is 193 Å². The Balaban J connectivity index is 1.59. The second-order valence-electron chi connectivity index (χ2n) is 7.46. The van der Waals surface area contributed by atoms with Crippen LogP contribution in [-0.4, -0.2) is 44.4 Å². The van der Waals surface area contributed by atoms with Crippen LogP contribution in [-0.2, 0) is 4.74 Å². The van der Waals surface area contributed by atoms with E-state index in [4.69, 9.17) is 35.2 Å². The van der Waals surface area contributed by atoms with Gasteiger partial charge < -0.3 is 18.6 Å². The van der Waals surface area contributed by atoms with E-state index in [9.17, 15) is 4.79 Å². The molecule has 32 heavy (non-hydrogen) atoms. The molecule has 2 aromatic heterocycles. The highest BCUT2D eigenvalue weighted by atomic mass is 35.5. The summed E-state index contributed by atoms with van der Waals surface area (Å²) in [7, 11) is 3.15. The smallest absolute Gasteiger partial charge is 0.295 e. The Morgan fingerprint density at radius 2 is 2.09 bits per heavy atom. The molecule has 0 aliphatic carbocycles. The third kappa shape index (κ3) is 3.68. The number of methoxy groups -OCH3 is 2. The Morgan fingerprint density at radius 1 is 1.25 bits per heavy atom. The number of fused-ring (bicyclic) bond motifs is 2. The number of halogens is 1. The third-order valence-corrected chi connectivity index (χ3v) is 7.03. The Bertz CT molecular complexity index is 1290. The standard InChI is InChI=1S/C23H21ClN2O5S/c1-28-16-9-8-15(24)21-19(16)25-23(32-21)26(12-14-6-4-10-30-14)22(27)18-11-13-5-3-7-17(29-2)20(13)31-18/h3,5,7-9,11,14H,4,6,10,12H2,1-2H3. The topological polar surface area (TPSA) is 74.0 Å². The first-order valence-corrected chi connectivity index (χ1v) is 11.4. The summed E-state index contributed by atoms with van der Waals surface area (Å²) in [6, 6.07) is 10.8. The van der Waals surface area contributed by atoms with Crippen molar-refractivity contribution in [3.05, 3.63) is 47.2 Å². The van der Waals surface area contributed by atoms with Crippen molar-refractivity contribution < 1.29 is 23.4 Å². The normalized spacial score (nSPS) is 16.0. The van der Waals surface area contributed by atoms with Crippen LogP contribution in [0, 0.1) is 0 Å². The highest BCUT2D eigenvalue weighted by Gasteiger charge is 2.30. The van der Waals surface area contributed by atoms with E-state index in [-0.39, 0.29) is 17.8 Å². The van der Waals surface area contributed by atoms with Crippen molar-refractivity contribution in [2.75, 3.05) is 32.3 Å². The van der Waals surface area contributed by atoms with Gasteiger partial charge in [-0.3, -0.25) is 9.69 Å². The average Bonchev–Trinajstić information content (AvgIpc) is 3.56. The number of aromatic nitrogens is 1. The van der Waals surface area contributed by atoms with Gasteiger partial charge in [0.25, 0.3) is 5.91 Å². The summed E-state index contributed by atoms with van der Waals surface area (Å²) in [6.45, 7) is 1.06. The maximum atomic E-state index is 13.7. The van der Waals surface area contributed by atoms with Crippen molar-refractivity contribution in [3.8, 4) is 11.5 Å². The molecule has 4 aromatic rings. The van der Waals surface area contributed by atoms with Crippen LogP contribution in [0.25, 0.3) is 21.2 Å². The molecule has 7 nitrogen and oxygen atoms in total. The van der Waals surface area contributed by atoms with Gasteiger partial charge in [-0.25, -0.2) is 4.98 Å². The minimum atomic E-state index is -0.298. The van der Waals surface area contributed by atoms with Gasteiger partial charge in [0.2, 0.25) is 0 Å². The molecule has 1 fully saturated rings. The molecule has 1 unspecified atom stereocenters. The lowest BCUT2D eigenvalue weighted by Gasteiger charge is -2.22. The van der Waals surface area contributed by atoms with Crippen molar-refractivity contribution in [1.29, 1.82) is 0 Å². The van der Waals surface area contributed by atoms with E-state index < -0.39 is 0 Å². The highest BCUT2D eigenvalue weighted by Crippen LogP contribution is 2.40. The summed E-state index contributed by atoms with van der Waals surface area (Å²) in [6.07, 6.45) is 1.78. The molecule has 1 aliphatic heterocycles. The monoisotopic (exact) mass is 472 g/mol. The van der Waals surface area contributed by atoms with Crippen LogP contribution < -0.4 is 14.4 Å². The van der Waals surface area contributed by atoms with Gasteiger partial charge in [0, 0.05) is 12.0 Å². The van der Waals surface area contributed by atoms with Gasteiger partial charge >= 0.3 is 0 Å². The molecule has 3 heterocycles. The van der Waals surface area contributed by atoms with E-state index in [0.29, 0.717) is 45.9 Å². The minimum Gasteiger partial charge on any atom is -0.494 e. The molecule has 0 bridgehead atoms. The number of hydrogen-bond donors (Lipinski definition) is 0. The number of rotatable bonds is 6. The van der Waals surface area contributed by atoms with Crippen LogP contribution in [0.2, 0.25) is 5.02 Å². The van der Waals surface area contributed by atoms with Gasteiger partial charge in [-0.1, -0.05) is 35.1 Å². The van der Waals surface area contributed by atoms with Crippen LogP contribution >= 0.6 is 22.9 Å². The molecule has 9 heteroatoms. The van der Waals surface area contributed by atoms with E-state index in [1.165, 1.54) is 11.3 Å². The number of benzene rings is 2. The van der Waals surface area contributed by atoms with E-state index >= 15 is 0 Å². The number of anilines is 1. The van der Waals surface area contributed by atoms with Gasteiger partial charge in [-0.15, -0.1) is 0 Å². The summed E-state index contributed by atoms with van der Waals surface area (Å²) in [5.41, 5.74) is 1.15. The molecule has 0 spiro atoms. The lowest BCUT2D eigenvalue weighted by Crippen LogP contribution is -2.37. The zero-order chi connectivity index (χ0) is 22.2.